The van der Waals surface area contributed by atoms with Gasteiger partial charge in [0.25, 0.3) is 0 Å². The number of phenols is 1. The van der Waals surface area contributed by atoms with E-state index in [2.05, 4.69) is 9.82 Å². The Bertz CT molecular complexity index is 1170. The van der Waals surface area contributed by atoms with Gasteiger partial charge in [-0.1, -0.05) is 41.9 Å². The number of thiophene rings is 1. The molecule has 4 rings (SSSR count). The highest BCUT2D eigenvalue weighted by Crippen LogP contribution is 2.33. The molecular weight excluding hydrogens is 416 g/mol. The molecule has 0 radical (unpaired) electrons. The van der Waals surface area contributed by atoms with Crippen molar-refractivity contribution in [3.8, 4) is 5.75 Å². The molecule has 0 amide bonds. The molecule has 4 N–H and O–H groups in total. The molecule has 28 heavy (non-hydrogen) atoms. The predicted molar refractivity (Wildman–Crippen MR) is 114 cm³/mol. The summed E-state index contributed by atoms with van der Waals surface area (Å²) in [7, 11) is -1.54. The van der Waals surface area contributed by atoms with Crippen LogP contribution in [0.15, 0.2) is 58.8 Å². The number of anilines is 1. The Morgan fingerprint density at radius 1 is 1.18 bits per heavy atom. The molecule has 0 fully saturated rings. The molecule has 4 aromatic rings. The monoisotopic (exact) mass is 432 g/mol. The molecule has 0 saturated carbocycles. The van der Waals surface area contributed by atoms with E-state index in [-0.39, 0.29) is 5.75 Å². The van der Waals surface area contributed by atoms with Crippen molar-refractivity contribution in [2.75, 3.05) is 4.72 Å². The van der Waals surface area contributed by atoms with Crippen molar-refractivity contribution in [3.63, 3.8) is 0 Å². The third-order valence-corrected chi connectivity index (χ3v) is 6.85. The van der Waals surface area contributed by atoms with Crippen LogP contribution in [0.2, 0.25) is 4.34 Å². The van der Waals surface area contributed by atoms with Crippen LogP contribution in [0.25, 0.3) is 10.9 Å². The number of hydrogen-bond donors (Lipinski definition) is 3. The van der Waals surface area contributed by atoms with Crippen LogP contribution in [0.5, 0.6) is 5.75 Å². The van der Waals surface area contributed by atoms with Gasteiger partial charge in [0.2, 0.25) is 0 Å². The highest BCUT2D eigenvalue weighted by molar-refractivity contribution is 7.88. The van der Waals surface area contributed by atoms with E-state index in [4.69, 9.17) is 17.3 Å². The minimum Gasteiger partial charge on any atom is -0.507 e. The fraction of sp³-hybridized carbons (Fsp3) is 0.105. The normalized spacial score (nSPS) is 12.4. The number of halogens is 1. The SMILES string of the molecule is NCc1cccc(Cn2nc(NS(=O)c3ccc(Cl)s3)c3c(O)cccc32)c1. The second-order valence-corrected chi connectivity index (χ2v) is 9.29. The maximum atomic E-state index is 12.6. The number of hydrogen-bond acceptors (Lipinski definition) is 5. The number of fused-ring (bicyclic) bond motifs is 1. The van der Waals surface area contributed by atoms with Crippen molar-refractivity contribution in [3.05, 3.63) is 70.1 Å². The summed E-state index contributed by atoms with van der Waals surface area (Å²) in [5.74, 6) is 0.425. The van der Waals surface area contributed by atoms with Crippen LogP contribution in [-0.4, -0.2) is 19.1 Å². The Labute approximate surface area is 173 Å². The van der Waals surface area contributed by atoms with Gasteiger partial charge in [-0.3, -0.25) is 9.40 Å². The fourth-order valence-corrected chi connectivity index (χ4v) is 5.19. The van der Waals surface area contributed by atoms with E-state index in [1.165, 1.54) is 11.3 Å². The number of nitrogens with zero attached hydrogens (tertiary/aromatic N) is 2. The Kier molecular flexibility index (Phi) is 5.36. The van der Waals surface area contributed by atoms with E-state index in [0.717, 1.165) is 16.6 Å². The molecular formula is C19H17ClN4O2S2. The van der Waals surface area contributed by atoms with Gasteiger partial charge in [-0.15, -0.1) is 11.3 Å². The van der Waals surface area contributed by atoms with Gasteiger partial charge in [-0.05, 0) is 35.4 Å². The highest BCUT2D eigenvalue weighted by atomic mass is 35.5. The Balaban J connectivity index is 1.72. The average Bonchev–Trinajstić information content (AvgIpc) is 3.27. The fourth-order valence-electron chi connectivity index (χ4n) is 2.97. The number of phenolic OH excluding ortho intramolecular Hbond substituents is 1. The Hall–Kier alpha value is -2.39. The first-order valence-electron chi connectivity index (χ1n) is 8.45. The first-order chi connectivity index (χ1) is 13.5. The molecule has 1 unspecified atom stereocenters. The van der Waals surface area contributed by atoms with Crippen LogP contribution in [0.1, 0.15) is 11.1 Å². The summed E-state index contributed by atoms with van der Waals surface area (Å²) in [6, 6.07) is 16.5. The molecule has 0 aliphatic rings. The number of aromatic nitrogens is 2. The number of rotatable bonds is 6. The lowest BCUT2D eigenvalue weighted by atomic mass is 10.1. The standard InChI is InChI=1S/C19H17ClN4O2S2/c20-16-7-8-17(27-16)28(26)23-19-18-14(5-2-6-15(18)25)24(22-19)11-13-4-1-3-12(9-13)10-21/h1-9,25H,10-11,21H2,(H,22,23). The zero-order valence-electron chi connectivity index (χ0n) is 14.6. The van der Waals surface area contributed by atoms with Crippen molar-refractivity contribution in [2.45, 2.75) is 17.3 Å². The van der Waals surface area contributed by atoms with Crippen LogP contribution in [-0.2, 0) is 24.1 Å². The van der Waals surface area contributed by atoms with Crippen LogP contribution in [0, 0.1) is 0 Å². The van der Waals surface area contributed by atoms with Gasteiger partial charge in [0.05, 0.1) is 21.8 Å². The number of benzene rings is 2. The predicted octanol–water partition coefficient (Wildman–Crippen LogP) is 4.10. The highest BCUT2D eigenvalue weighted by Gasteiger charge is 2.17. The van der Waals surface area contributed by atoms with Gasteiger partial charge in [-0.25, -0.2) is 4.21 Å². The first-order valence-corrected chi connectivity index (χ1v) is 10.8. The van der Waals surface area contributed by atoms with E-state index in [0.29, 0.717) is 32.8 Å². The summed E-state index contributed by atoms with van der Waals surface area (Å²) >= 11 is 7.17. The zero-order chi connectivity index (χ0) is 19.7. The zero-order valence-corrected chi connectivity index (χ0v) is 17.0. The van der Waals surface area contributed by atoms with Crippen molar-refractivity contribution < 1.29 is 9.32 Å². The van der Waals surface area contributed by atoms with Crippen molar-refractivity contribution in [1.82, 2.24) is 9.78 Å². The van der Waals surface area contributed by atoms with Crippen LogP contribution >= 0.6 is 22.9 Å². The molecule has 2 aromatic heterocycles. The topological polar surface area (TPSA) is 93.2 Å². The minimum atomic E-state index is -1.54. The second-order valence-electron chi connectivity index (χ2n) is 6.13. The maximum Gasteiger partial charge on any atom is 0.171 e. The van der Waals surface area contributed by atoms with E-state index in [1.807, 2.05) is 30.3 Å². The van der Waals surface area contributed by atoms with Crippen LogP contribution in [0.4, 0.5) is 5.82 Å². The molecule has 0 aliphatic heterocycles. The van der Waals surface area contributed by atoms with Crippen molar-refractivity contribution in [2.24, 2.45) is 5.73 Å². The van der Waals surface area contributed by atoms with E-state index in [1.54, 1.807) is 28.9 Å². The molecule has 0 bridgehead atoms. The third kappa shape index (κ3) is 3.77. The smallest absolute Gasteiger partial charge is 0.171 e. The molecule has 144 valence electrons. The number of aromatic hydroxyl groups is 1. The molecule has 0 aliphatic carbocycles. The van der Waals surface area contributed by atoms with Gasteiger partial charge in [-0.2, -0.15) is 5.10 Å². The van der Waals surface area contributed by atoms with Gasteiger partial charge >= 0.3 is 0 Å². The molecule has 6 nitrogen and oxygen atoms in total. The first kappa shape index (κ1) is 18.9. The van der Waals surface area contributed by atoms with Crippen LogP contribution < -0.4 is 10.5 Å². The molecule has 0 spiro atoms. The van der Waals surface area contributed by atoms with E-state index in [9.17, 15) is 9.32 Å². The minimum absolute atomic E-state index is 0.0724. The lowest BCUT2D eigenvalue weighted by molar-refractivity contribution is 0.482. The van der Waals surface area contributed by atoms with Crippen LogP contribution in [0.3, 0.4) is 0 Å². The lowest BCUT2D eigenvalue weighted by Crippen LogP contribution is -2.06. The summed E-state index contributed by atoms with van der Waals surface area (Å²) in [5, 5.41) is 15.5. The summed E-state index contributed by atoms with van der Waals surface area (Å²) in [6.07, 6.45) is 0. The largest absolute Gasteiger partial charge is 0.507 e. The van der Waals surface area contributed by atoms with E-state index >= 15 is 0 Å². The quantitative estimate of drug-likeness (QED) is 0.427. The van der Waals surface area contributed by atoms with Crippen molar-refractivity contribution >= 4 is 50.6 Å². The van der Waals surface area contributed by atoms with Gasteiger partial charge in [0.1, 0.15) is 9.96 Å². The summed E-state index contributed by atoms with van der Waals surface area (Å²) in [5.41, 5.74) is 8.54. The molecule has 1 atom stereocenters. The Morgan fingerprint density at radius 3 is 2.71 bits per heavy atom. The second kappa shape index (κ2) is 7.92. The molecule has 2 aromatic carbocycles. The molecule has 0 saturated heterocycles. The molecule has 2 heterocycles. The Morgan fingerprint density at radius 2 is 1.96 bits per heavy atom. The van der Waals surface area contributed by atoms with E-state index < -0.39 is 11.0 Å². The summed E-state index contributed by atoms with van der Waals surface area (Å²) in [4.78, 5) is 0. The maximum absolute atomic E-state index is 12.6. The summed E-state index contributed by atoms with van der Waals surface area (Å²) in [6.45, 7) is 0.955. The van der Waals surface area contributed by atoms with Gasteiger partial charge in [0.15, 0.2) is 16.8 Å². The summed E-state index contributed by atoms with van der Waals surface area (Å²) < 4.78 is 18.4. The third-order valence-electron chi connectivity index (χ3n) is 4.24. The number of nitrogens with one attached hydrogen (secondary N) is 1. The molecule has 9 heteroatoms. The number of nitrogens with two attached hydrogens (primary N) is 1. The van der Waals surface area contributed by atoms with Gasteiger partial charge < -0.3 is 10.8 Å². The average molecular weight is 433 g/mol. The van der Waals surface area contributed by atoms with Gasteiger partial charge in [0, 0.05) is 6.54 Å². The lowest BCUT2D eigenvalue weighted by Gasteiger charge is -2.06. The van der Waals surface area contributed by atoms with Crippen molar-refractivity contribution in [1.29, 1.82) is 0 Å².